The fourth-order valence-corrected chi connectivity index (χ4v) is 4.09. The minimum absolute atomic E-state index is 0.148. The van der Waals surface area contributed by atoms with E-state index in [1.165, 1.54) is 30.7 Å². The Morgan fingerprint density at radius 3 is 2.47 bits per heavy atom. The average molecular weight is 285 g/mol. The lowest BCUT2D eigenvalue weighted by Crippen LogP contribution is -2.39. The van der Waals surface area contributed by atoms with E-state index < -0.39 is 15.8 Å². The summed E-state index contributed by atoms with van der Waals surface area (Å²) >= 11 is 0. The third-order valence-corrected chi connectivity index (χ3v) is 5.42. The second-order valence-electron chi connectivity index (χ2n) is 5.24. The molecule has 1 N–H and O–H groups in total. The number of nitrogens with one attached hydrogen (secondary N) is 1. The Balaban J connectivity index is 2.11. The molecule has 0 aliphatic heterocycles. The molecule has 0 saturated heterocycles. The number of sulfonamides is 1. The monoisotopic (exact) mass is 285 g/mol. The highest BCUT2D eigenvalue weighted by molar-refractivity contribution is 7.89. The Labute approximate surface area is 114 Å². The van der Waals surface area contributed by atoms with Crippen molar-refractivity contribution in [3.63, 3.8) is 0 Å². The van der Waals surface area contributed by atoms with Crippen LogP contribution < -0.4 is 4.72 Å². The standard InChI is InChI=1S/C14H20FNO2S/c1-11(12-7-3-2-4-8-12)16-19(17,18)14-10-6-5-9-13(14)15/h5-6,9-12,16H,2-4,7-8H2,1H3. The minimum atomic E-state index is -3.76. The molecule has 0 radical (unpaired) electrons. The summed E-state index contributed by atoms with van der Waals surface area (Å²) in [5.74, 6) is -0.346. The van der Waals surface area contributed by atoms with Crippen LogP contribution in [-0.4, -0.2) is 14.5 Å². The van der Waals surface area contributed by atoms with Gasteiger partial charge in [-0.05, 0) is 37.8 Å². The van der Waals surface area contributed by atoms with E-state index >= 15 is 0 Å². The van der Waals surface area contributed by atoms with E-state index in [2.05, 4.69) is 4.72 Å². The van der Waals surface area contributed by atoms with Gasteiger partial charge in [0.25, 0.3) is 0 Å². The molecular weight excluding hydrogens is 265 g/mol. The normalized spacial score (nSPS) is 19.3. The lowest BCUT2D eigenvalue weighted by Gasteiger charge is -2.28. The Morgan fingerprint density at radius 2 is 1.84 bits per heavy atom. The van der Waals surface area contributed by atoms with Crippen LogP contribution in [0.1, 0.15) is 39.0 Å². The van der Waals surface area contributed by atoms with Crippen molar-refractivity contribution in [3.05, 3.63) is 30.1 Å². The molecule has 1 atom stereocenters. The first-order chi connectivity index (χ1) is 9.00. The first-order valence-corrected chi connectivity index (χ1v) is 8.26. The molecule has 3 nitrogen and oxygen atoms in total. The summed E-state index contributed by atoms with van der Waals surface area (Å²) < 4.78 is 40.5. The van der Waals surface area contributed by atoms with Gasteiger partial charge in [0.1, 0.15) is 10.7 Å². The van der Waals surface area contributed by atoms with Gasteiger partial charge in [-0.3, -0.25) is 0 Å². The van der Waals surface area contributed by atoms with Crippen molar-refractivity contribution in [2.75, 3.05) is 0 Å². The highest BCUT2D eigenvalue weighted by Gasteiger charge is 2.26. The molecule has 1 aliphatic carbocycles. The average Bonchev–Trinajstić information content (AvgIpc) is 2.39. The van der Waals surface area contributed by atoms with E-state index in [4.69, 9.17) is 0 Å². The Hall–Kier alpha value is -0.940. The molecule has 0 spiro atoms. The quantitative estimate of drug-likeness (QED) is 0.924. The lowest BCUT2D eigenvalue weighted by atomic mass is 9.85. The number of hydrogen-bond donors (Lipinski definition) is 1. The van der Waals surface area contributed by atoms with Crippen molar-refractivity contribution < 1.29 is 12.8 Å². The van der Waals surface area contributed by atoms with E-state index in [1.54, 1.807) is 0 Å². The van der Waals surface area contributed by atoms with E-state index in [1.807, 2.05) is 6.92 Å². The van der Waals surface area contributed by atoms with Crippen LogP contribution in [-0.2, 0) is 10.0 Å². The highest BCUT2D eigenvalue weighted by atomic mass is 32.2. The summed E-state index contributed by atoms with van der Waals surface area (Å²) in [4.78, 5) is -0.266. The maximum absolute atomic E-state index is 13.6. The van der Waals surface area contributed by atoms with E-state index in [0.29, 0.717) is 5.92 Å². The zero-order valence-corrected chi connectivity index (χ0v) is 11.9. The van der Waals surface area contributed by atoms with Gasteiger partial charge in [-0.2, -0.15) is 0 Å². The molecule has 0 heterocycles. The molecule has 0 bridgehead atoms. The molecule has 1 aromatic carbocycles. The summed E-state index contributed by atoms with van der Waals surface area (Å²) in [5.41, 5.74) is 0. The summed E-state index contributed by atoms with van der Waals surface area (Å²) in [7, 11) is -3.76. The number of benzene rings is 1. The van der Waals surface area contributed by atoms with Crippen LogP contribution in [0.4, 0.5) is 4.39 Å². The molecule has 5 heteroatoms. The third kappa shape index (κ3) is 3.54. The Morgan fingerprint density at radius 1 is 1.21 bits per heavy atom. The van der Waals surface area contributed by atoms with Gasteiger partial charge in [-0.1, -0.05) is 31.4 Å². The summed E-state index contributed by atoms with van der Waals surface area (Å²) in [6.07, 6.45) is 5.61. The lowest BCUT2D eigenvalue weighted by molar-refractivity contribution is 0.303. The van der Waals surface area contributed by atoms with Crippen LogP contribution in [0.15, 0.2) is 29.2 Å². The minimum Gasteiger partial charge on any atom is -0.208 e. The molecule has 1 unspecified atom stereocenters. The van der Waals surface area contributed by atoms with E-state index in [-0.39, 0.29) is 10.9 Å². The molecule has 0 amide bonds. The maximum Gasteiger partial charge on any atom is 0.243 e. The fraction of sp³-hybridized carbons (Fsp3) is 0.571. The van der Waals surface area contributed by atoms with Crippen LogP contribution in [0, 0.1) is 11.7 Å². The van der Waals surface area contributed by atoms with Gasteiger partial charge in [0.05, 0.1) is 0 Å². The molecular formula is C14H20FNO2S. The van der Waals surface area contributed by atoms with Gasteiger partial charge in [0.2, 0.25) is 10.0 Å². The van der Waals surface area contributed by atoms with Gasteiger partial charge >= 0.3 is 0 Å². The predicted octanol–water partition coefficient (Wildman–Crippen LogP) is 3.07. The molecule has 19 heavy (non-hydrogen) atoms. The van der Waals surface area contributed by atoms with Crippen molar-refractivity contribution >= 4 is 10.0 Å². The van der Waals surface area contributed by atoms with Crippen molar-refractivity contribution in [1.82, 2.24) is 4.72 Å². The summed E-state index contributed by atoms with van der Waals surface area (Å²) in [6.45, 7) is 1.87. The SMILES string of the molecule is CC(NS(=O)(=O)c1ccccc1F)C1CCCCC1. The van der Waals surface area contributed by atoms with Crippen LogP contribution in [0.3, 0.4) is 0 Å². The van der Waals surface area contributed by atoms with Gasteiger partial charge in [-0.25, -0.2) is 17.5 Å². The van der Waals surface area contributed by atoms with Gasteiger partial charge < -0.3 is 0 Å². The molecule has 1 fully saturated rings. The zero-order chi connectivity index (χ0) is 13.9. The summed E-state index contributed by atoms with van der Waals surface area (Å²) in [6, 6.07) is 5.33. The van der Waals surface area contributed by atoms with Crippen LogP contribution in [0.5, 0.6) is 0 Å². The number of halogens is 1. The molecule has 1 saturated carbocycles. The number of rotatable bonds is 4. The second kappa shape index (κ2) is 6.01. The van der Waals surface area contributed by atoms with Crippen molar-refractivity contribution in [2.45, 2.75) is 50.0 Å². The first kappa shape index (κ1) is 14.5. The Bertz CT molecular complexity index is 524. The number of hydrogen-bond acceptors (Lipinski definition) is 2. The van der Waals surface area contributed by atoms with E-state index in [9.17, 15) is 12.8 Å². The van der Waals surface area contributed by atoms with Gasteiger partial charge in [0.15, 0.2) is 0 Å². The Kier molecular flexibility index (Phi) is 4.58. The molecule has 106 valence electrons. The van der Waals surface area contributed by atoms with E-state index in [0.717, 1.165) is 25.7 Å². The first-order valence-electron chi connectivity index (χ1n) is 6.77. The van der Waals surface area contributed by atoms with Crippen molar-refractivity contribution in [3.8, 4) is 0 Å². The molecule has 0 aromatic heterocycles. The fourth-order valence-electron chi connectivity index (χ4n) is 2.70. The molecule has 1 aliphatic rings. The topological polar surface area (TPSA) is 46.2 Å². The van der Waals surface area contributed by atoms with Gasteiger partial charge in [-0.15, -0.1) is 0 Å². The van der Waals surface area contributed by atoms with Crippen LogP contribution in [0.2, 0.25) is 0 Å². The van der Waals surface area contributed by atoms with Crippen LogP contribution >= 0.6 is 0 Å². The zero-order valence-electron chi connectivity index (χ0n) is 11.1. The largest absolute Gasteiger partial charge is 0.243 e. The molecule has 2 rings (SSSR count). The highest BCUT2D eigenvalue weighted by Crippen LogP contribution is 2.27. The van der Waals surface area contributed by atoms with Crippen LogP contribution in [0.25, 0.3) is 0 Å². The van der Waals surface area contributed by atoms with Crippen molar-refractivity contribution in [1.29, 1.82) is 0 Å². The second-order valence-corrected chi connectivity index (χ2v) is 6.92. The smallest absolute Gasteiger partial charge is 0.208 e. The van der Waals surface area contributed by atoms with Gasteiger partial charge in [0, 0.05) is 6.04 Å². The van der Waals surface area contributed by atoms with Crippen molar-refractivity contribution in [2.24, 2.45) is 5.92 Å². The third-order valence-electron chi connectivity index (χ3n) is 3.82. The summed E-state index contributed by atoms with van der Waals surface area (Å²) in [5, 5.41) is 0. The predicted molar refractivity (Wildman–Crippen MR) is 72.8 cm³/mol. The molecule has 1 aromatic rings. The maximum atomic E-state index is 13.6.